The van der Waals surface area contributed by atoms with Crippen molar-refractivity contribution in [2.24, 2.45) is 4.99 Å². The van der Waals surface area contributed by atoms with Crippen molar-refractivity contribution >= 4 is 29.9 Å². The first-order valence-corrected chi connectivity index (χ1v) is 11.3. The molecule has 1 fully saturated rings. The third kappa shape index (κ3) is 8.04. The van der Waals surface area contributed by atoms with Gasteiger partial charge < -0.3 is 24.8 Å². The number of nitrogens with one attached hydrogen (secondary N) is 2. The van der Waals surface area contributed by atoms with E-state index in [2.05, 4.69) is 51.7 Å². The Hall–Kier alpha value is -2.04. The van der Waals surface area contributed by atoms with Crippen molar-refractivity contribution in [3.8, 4) is 11.5 Å². The highest BCUT2D eigenvalue weighted by molar-refractivity contribution is 14.0. The van der Waals surface area contributed by atoms with E-state index >= 15 is 0 Å². The molecule has 2 aromatic carbocycles. The number of halogens is 1. The molecule has 0 spiro atoms. The second kappa shape index (κ2) is 14.3. The van der Waals surface area contributed by atoms with Gasteiger partial charge in [-0.15, -0.1) is 24.0 Å². The van der Waals surface area contributed by atoms with Crippen molar-refractivity contribution in [1.82, 2.24) is 15.5 Å². The van der Waals surface area contributed by atoms with Gasteiger partial charge in [-0.25, -0.2) is 0 Å². The molecule has 182 valence electrons. The van der Waals surface area contributed by atoms with Crippen LogP contribution in [0.15, 0.2) is 47.5 Å². The molecule has 2 aromatic rings. The summed E-state index contributed by atoms with van der Waals surface area (Å²) in [6, 6.07) is 14.8. The first-order valence-electron chi connectivity index (χ1n) is 11.3. The Morgan fingerprint density at radius 3 is 2.45 bits per heavy atom. The van der Waals surface area contributed by atoms with Crippen LogP contribution in [0, 0.1) is 6.92 Å². The Morgan fingerprint density at radius 1 is 1.12 bits per heavy atom. The third-order valence-electron chi connectivity index (χ3n) is 5.67. The number of methoxy groups -OCH3 is 1. The lowest BCUT2D eigenvalue weighted by Crippen LogP contribution is -2.46. The number of hydrogen-bond acceptors (Lipinski definition) is 5. The van der Waals surface area contributed by atoms with Crippen LogP contribution in [0.5, 0.6) is 11.5 Å². The molecule has 0 aromatic heterocycles. The van der Waals surface area contributed by atoms with Gasteiger partial charge in [0.25, 0.3) is 0 Å². The Kier molecular flexibility index (Phi) is 11.8. The van der Waals surface area contributed by atoms with Gasteiger partial charge in [0.15, 0.2) is 5.96 Å². The number of aryl methyl sites for hydroxylation is 1. The molecule has 1 aliphatic heterocycles. The Balaban J connectivity index is 0.00000385. The molecular weight excluding hydrogens is 531 g/mol. The van der Waals surface area contributed by atoms with Gasteiger partial charge in [-0.1, -0.05) is 24.3 Å². The number of aliphatic imine (C=N–C) groups is 1. The highest BCUT2D eigenvalue weighted by atomic mass is 127. The maximum Gasteiger partial charge on any atom is 0.191 e. The lowest BCUT2D eigenvalue weighted by molar-refractivity contribution is 0.0170. The fraction of sp³-hybridized carbons (Fsp3) is 0.480. The van der Waals surface area contributed by atoms with Crippen LogP contribution in [0.1, 0.15) is 29.7 Å². The van der Waals surface area contributed by atoms with Crippen LogP contribution in [0.25, 0.3) is 0 Å². The van der Waals surface area contributed by atoms with E-state index in [0.717, 1.165) is 55.9 Å². The van der Waals surface area contributed by atoms with Crippen LogP contribution in [-0.2, 0) is 11.3 Å². The minimum Gasteiger partial charge on any atom is -0.497 e. The summed E-state index contributed by atoms with van der Waals surface area (Å²) in [5.74, 6) is 2.58. The number of ether oxygens (including phenoxy) is 3. The predicted molar refractivity (Wildman–Crippen MR) is 144 cm³/mol. The van der Waals surface area contributed by atoms with Gasteiger partial charge in [0.1, 0.15) is 11.5 Å². The van der Waals surface area contributed by atoms with Gasteiger partial charge in [0.05, 0.1) is 33.0 Å². The smallest absolute Gasteiger partial charge is 0.191 e. The van der Waals surface area contributed by atoms with Crippen molar-refractivity contribution in [2.75, 3.05) is 53.6 Å². The monoisotopic (exact) mass is 568 g/mol. The van der Waals surface area contributed by atoms with E-state index in [4.69, 9.17) is 14.2 Å². The molecule has 0 aliphatic carbocycles. The van der Waals surface area contributed by atoms with Crippen LogP contribution in [0.3, 0.4) is 0 Å². The first-order chi connectivity index (χ1) is 15.6. The molecule has 7 nitrogen and oxygen atoms in total. The van der Waals surface area contributed by atoms with Gasteiger partial charge in [0.2, 0.25) is 0 Å². The molecule has 1 unspecified atom stereocenters. The van der Waals surface area contributed by atoms with Gasteiger partial charge in [0, 0.05) is 33.2 Å². The zero-order valence-corrected chi connectivity index (χ0v) is 22.4. The molecule has 1 saturated heterocycles. The standard InChI is InChI=1S/C25H36N4O3.HI/c1-5-32-24-11-6-20(16-19(24)2)17-27-25(26-3)28-18-23(29-12-14-31-15-13-29)21-7-9-22(30-4)10-8-21;/h6-11,16,23H,5,12-15,17-18H2,1-4H3,(H2,26,27,28);1H. The summed E-state index contributed by atoms with van der Waals surface area (Å²) < 4.78 is 16.5. The average molecular weight is 569 g/mol. The minimum absolute atomic E-state index is 0. The fourth-order valence-electron chi connectivity index (χ4n) is 3.91. The van der Waals surface area contributed by atoms with Crippen molar-refractivity contribution in [2.45, 2.75) is 26.4 Å². The maximum atomic E-state index is 5.64. The molecule has 3 rings (SSSR count). The van der Waals surface area contributed by atoms with E-state index < -0.39 is 0 Å². The molecule has 0 saturated carbocycles. The van der Waals surface area contributed by atoms with Crippen molar-refractivity contribution < 1.29 is 14.2 Å². The molecule has 8 heteroatoms. The highest BCUT2D eigenvalue weighted by Crippen LogP contribution is 2.24. The number of benzene rings is 2. The summed E-state index contributed by atoms with van der Waals surface area (Å²) in [5, 5.41) is 6.94. The predicted octanol–water partition coefficient (Wildman–Crippen LogP) is 3.76. The SMILES string of the molecule is CCOc1ccc(CNC(=NC)NCC(c2ccc(OC)cc2)N2CCOCC2)cc1C.I. The van der Waals surface area contributed by atoms with Crippen LogP contribution in [0.4, 0.5) is 0 Å². The summed E-state index contributed by atoms with van der Waals surface area (Å²) in [6.07, 6.45) is 0. The lowest BCUT2D eigenvalue weighted by Gasteiger charge is -2.35. The Bertz CT molecular complexity index is 870. The summed E-state index contributed by atoms with van der Waals surface area (Å²) in [6.45, 7) is 9.53. The third-order valence-corrected chi connectivity index (χ3v) is 5.67. The fourth-order valence-corrected chi connectivity index (χ4v) is 3.91. The van der Waals surface area contributed by atoms with Gasteiger partial charge >= 0.3 is 0 Å². The number of guanidine groups is 1. The van der Waals surface area contributed by atoms with Gasteiger partial charge in [-0.3, -0.25) is 9.89 Å². The van der Waals surface area contributed by atoms with Crippen molar-refractivity contribution in [3.05, 3.63) is 59.2 Å². The van der Waals surface area contributed by atoms with E-state index in [-0.39, 0.29) is 30.0 Å². The molecule has 33 heavy (non-hydrogen) atoms. The van der Waals surface area contributed by atoms with Crippen molar-refractivity contribution in [1.29, 1.82) is 0 Å². The summed E-state index contributed by atoms with van der Waals surface area (Å²) in [4.78, 5) is 6.88. The number of morpholine rings is 1. The minimum atomic E-state index is 0. The number of rotatable bonds is 9. The van der Waals surface area contributed by atoms with Gasteiger partial charge in [-0.2, -0.15) is 0 Å². The van der Waals surface area contributed by atoms with E-state index in [1.807, 2.05) is 25.1 Å². The van der Waals surface area contributed by atoms with Crippen LogP contribution in [-0.4, -0.2) is 64.5 Å². The molecule has 2 N–H and O–H groups in total. The quantitative estimate of drug-likeness (QED) is 0.273. The second-order valence-corrected chi connectivity index (χ2v) is 7.78. The second-order valence-electron chi connectivity index (χ2n) is 7.78. The normalized spacial score (nSPS) is 15.3. The molecule has 1 heterocycles. The largest absolute Gasteiger partial charge is 0.497 e. The molecular formula is C25H37IN4O3. The van der Waals surface area contributed by atoms with Crippen LogP contribution < -0.4 is 20.1 Å². The highest BCUT2D eigenvalue weighted by Gasteiger charge is 2.23. The van der Waals surface area contributed by atoms with Crippen LogP contribution >= 0.6 is 24.0 Å². The number of nitrogens with zero attached hydrogens (tertiary/aromatic N) is 2. The summed E-state index contributed by atoms with van der Waals surface area (Å²) in [5.41, 5.74) is 3.58. The summed E-state index contributed by atoms with van der Waals surface area (Å²) in [7, 11) is 3.49. The Morgan fingerprint density at radius 2 is 1.85 bits per heavy atom. The average Bonchev–Trinajstić information content (AvgIpc) is 2.84. The molecule has 0 radical (unpaired) electrons. The van der Waals surface area contributed by atoms with Crippen molar-refractivity contribution in [3.63, 3.8) is 0 Å². The van der Waals surface area contributed by atoms with Crippen LogP contribution in [0.2, 0.25) is 0 Å². The topological polar surface area (TPSA) is 67.3 Å². The Labute approximate surface area is 214 Å². The van der Waals surface area contributed by atoms with Gasteiger partial charge in [-0.05, 0) is 48.7 Å². The molecule has 0 bridgehead atoms. The first kappa shape index (κ1) is 27.2. The molecule has 0 amide bonds. The zero-order chi connectivity index (χ0) is 22.8. The number of hydrogen-bond donors (Lipinski definition) is 2. The van der Waals surface area contributed by atoms with E-state index in [1.165, 1.54) is 11.1 Å². The molecule has 1 atom stereocenters. The van der Waals surface area contributed by atoms with E-state index in [1.54, 1.807) is 14.2 Å². The maximum absolute atomic E-state index is 5.64. The molecule has 1 aliphatic rings. The van der Waals surface area contributed by atoms with E-state index in [0.29, 0.717) is 13.2 Å². The zero-order valence-electron chi connectivity index (χ0n) is 20.1. The lowest BCUT2D eigenvalue weighted by atomic mass is 10.0. The van der Waals surface area contributed by atoms with E-state index in [9.17, 15) is 0 Å². The summed E-state index contributed by atoms with van der Waals surface area (Å²) >= 11 is 0.